The highest BCUT2D eigenvalue weighted by atomic mass is 16.6. The monoisotopic (exact) mass is 766 g/mol. The van der Waals surface area contributed by atoms with Gasteiger partial charge in [0, 0.05) is 19.3 Å². The summed E-state index contributed by atoms with van der Waals surface area (Å²) in [7, 11) is 5.37. The van der Waals surface area contributed by atoms with Crippen molar-refractivity contribution < 1.29 is 38.2 Å². The zero-order chi connectivity index (χ0) is 40.7. The molecule has 0 aliphatic carbocycles. The van der Waals surface area contributed by atoms with Gasteiger partial charge in [0.15, 0.2) is 6.10 Å². The molecule has 2 atom stereocenters. The van der Waals surface area contributed by atoms with Crippen LogP contribution in [0.3, 0.4) is 0 Å². The van der Waals surface area contributed by atoms with Crippen LogP contribution < -0.4 is 5.11 Å². The molecule has 0 rings (SSSR count). The zero-order valence-electron chi connectivity index (χ0n) is 35.0. The molecule has 8 heteroatoms. The summed E-state index contributed by atoms with van der Waals surface area (Å²) in [5.41, 5.74) is 0. The average Bonchev–Trinajstić information content (AvgIpc) is 3.14. The van der Waals surface area contributed by atoms with Gasteiger partial charge in [-0.05, 0) is 57.8 Å². The number of carboxylic acids is 1. The number of rotatable bonds is 35. The van der Waals surface area contributed by atoms with Crippen LogP contribution in [0.2, 0.25) is 0 Å². The van der Waals surface area contributed by atoms with Crippen LogP contribution in [0.5, 0.6) is 0 Å². The quantitative estimate of drug-likeness (QED) is 0.0208. The summed E-state index contributed by atoms with van der Waals surface area (Å²) in [5.74, 6) is -1.82. The second kappa shape index (κ2) is 37.2. The molecule has 0 bridgehead atoms. The molecule has 0 radical (unpaired) electrons. The fraction of sp³-hybridized carbons (Fsp3) is 0.596. The number of allylic oxidation sites excluding steroid dienone is 16. The average molecular weight is 766 g/mol. The Bertz CT molecular complexity index is 1220. The van der Waals surface area contributed by atoms with Gasteiger partial charge in [0.1, 0.15) is 12.6 Å². The maximum atomic E-state index is 12.7. The fourth-order valence-electron chi connectivity index (χ4n) is 5.43. The molecule has 55 heavy (non-hydrogen) atoms. The Kier molecular flexibility index (Phi) is 34.7. The molecule has 0 heterocycles. The molecular weight excluding hydrogens is 691 g/mol. The van der Waals surface area contributed by atoms with E-state index in [-0.39, 0.29) is 49.1 Å². The lowest BCUT2D eigenvalue weighted by atomic mass is 10.1. The number of unbranched alkanes of at least 4 members (excludes halogenated alkanes) is 10. The number of hydrogen-bond acceptors (Lipinski definition) is 7. The summed E-state index contributed by atoms with van der Waals surface area (Å²) in [4.78, 5) is 36.8. The van der Waals surface area contributed by atoms with E-state index in [2.05, 4.69) is 50.3 Å². The van der Waals surface area contributed by atoms with Crippen molar-refractivity contribution in [2.45, 2.75) is 142 Å². The van der Waals surface area contributed by atoms with Crippen LogP contribution in [0.15, 0.2) is 97.2 Å². The lowest BCUT2D eigenvalue weighted by Gasteiger charge is -2.34. The molecule has 8 nitrogen and oxygen atoms in total. The summed E-state index contributed by atoms with van der Waals surface area (Å²) in [5, 5.41) is 11.6. The Morgan fingerprint density at radius 3 is 1.64 bits per heavy atom. The van der Waals surface area contributed by atoms with E-state index in [0.29, 0.717) is 12.8 Å². The predicted molar refractivity (Wildman–Crippen MR) is 226 cm³/mol. The van der Waals surface area contributed by atoms with E-state index in [9.17, 15) is 19.5 Å². The largest absolute Gasteiger partial charge is 0.544 e. The van der Waals surface area contributed by atoms with Crippen molar-refractivity contribution in [2.75, 3.05) is 41.0 Å². The minimum absolute atomic E-state index is 0.0160. The van der Waals surface area contributed by atoms with Gasteiger partial charge in [-0.3, -0.25) is 9.59 Å². The summed E-state index contributed by atoms with van der Waals surface area (Å²) in [6.07, 6.45) is 48.6. The van der Waals surface area contributed by atoms with Crippen LogP contribution in [0.1, 0.15) is 129 Å². The Morgan fingerprint density at radius 1 is 0.564 bits per heavy atom. The molecule has 0 aromatic carbocycles. The number of carbonyl (C=O) groups excluding carboxylic acids is 3. The third-order valence-corrected chi connectivity index (χ3v) is 8.63. The predicted octanol–water partition coefficient (Wildman–Crippen LogP) is 9.79. The van der Waals surface area contributed by atoms with E-state index < -0.39 is 18.1 Å². The minimum atomic E-state index is -1.14. The van der Waals surface area contributed by atoms with Crippen molar-refractivity contribution in [2.24, 2.45) is 0 Å². The van der Waals surface area contributed by atoms with Crippen LogP contribution in [0.4, 0.5) is 0 Å². The number of quaternary nitrogens is 1. The van der Waals surface area contributed by atoms with Gasteiger partial charge in [-0.1, -0.05) is 150 Å². The number of carboxylic acid groups (broad SMARTS) is 1. The molecule has 0 aromatic rings. The molecule has 2 unspecified atom stereocenters. The normalized spacial score (nSPS) is 14.0. The second-order valence-electron chi connectivity index (χ2n) is 14.6. The van der Waals surface area contributed by atoms with E-state index in [1.54, 1.807) is 21.1 Å². The summed E-state index contributed by atoms with van der Waals surface area (Å²) < 4.78 is 17.1. The van der Waals surface area contributed by atoms with Gasteiger partial charge < -0.3 is 28.6 Å². The molecule has 0 aliphatic rings. The standard InChI is InChI=1S/C47H75NO7/c1-6-8-10-12-14-16-18-20-22-23-24-26-27-29-31-33-35-37-45(49)54-42-43(41-53-40-39-44(47(51)52)48(3,4)5)55-46(50)38-36-34-32-30-28-25-21-19-17-15-13-11-9-7-2/h8-12,14-18,20,22-24,26-27,43-44H,6-7,13,19,21,25,28-42H2,1-5H3/b10-8+,11-9+,14-12+,17-15+,18-16+,22-20+,24-23+,27-26+. The first-order chi connectivity index (χ1) is 26.6. The molecular formula is C47H75NO7. The Hall–Kier alpha value is -3.75. The van der Waals surface area contributed by atoms with Gasteiger partial charge in [-0.15, -0.1) is 0 Å². The molecule has 0 amide bonds. The van der Waals surface area contributed by atoms with Crippen LogP contribution >= 0.6 is 0 Å². The number of esters is 2. The maximum Gasteiger partial charge on any atom is 0.306 e. The van der Waals surface area contributed by atoms with E-state index >= 15 is 0 Å². The fourth-order valence-corrected chi connectivity index (χ4v) is 5.43. The third-order valence-electron chi connectivity index (χ3n) is 8.63. The molecule has 0 saturated carbocycles. The number of nitrogens with zero attached hydrogens (tertiary/aromatic N) is 1. The van der Waals surface area contributed by atoms with Crippen LogP contribution in [0, 0.1) is 0 Å². The zero-order valence-corrected chi connectivity index (χ0v) is 35.0. The number of ether oxygens (including phenoxy) is 3. The summed E-state index contributed by atoms with van der Waals surface area (Å²) >= 11 is 0. The summed E-state index contributed by atoms with van der Waals surface area (Å²) in [6, 6.07) is -0.740. The highest BCUT2D eigenvalue weighted by Crippen LogP contribution is 2.13. The van der Waals surface area contributed by atoms with Crippen LogP contribution in [-0.2, 0) is 28.6 Å². The number of carbonyl (C=O) groups is 3. The Morgan fingerprint density at radius 2 is 1.05 bits per heavy atom. The van der Waals surface area contributed by atoms with Crippen LogP contribution in [-0.4, -0.2) is 75.5 Å². The van der Waals surface area contributed by atoms with Crippen molar-refractivity contribution in [3.05, 3.63) is 97.2 Å². The van der Waals surface area contributed by atoms with Crippen molar-refractivity contribution in [1.29, 1.82) is 0 Å². The number of hydrogen-bond donors (Lipinski definition) is 0. The number of likely N-dealkylation sites (N-methyl/N-ethyl adjacent to an activating group) is 1. The highest BCUT2D eigenvalue weighted by molar-refractivity contribution is 5.70. The molecule has 0 fully saturated rings. The van der Waals surface area contributed by atoms with Gasteiger partial charge >= 0.3 is 11.9 Å². The minimum Gasteiger partial charge on any atom is -0.544 e. The van der Waals surface area contributed by atoms with Crippen LogP contribution in [0.25, 0.3) is 0 Å². The van der Waals surface area contributed by atoms with E-state index in [4.69, 9.17) is 14.2 Å². The topological polar surface area (TPSA) is 102 Å². The van der Waals surface area contributed by atoms with Gasteiger partial charge in [-0.2, -0.15) is 0 Å². The Balaban J connectivity index is 4.50. The van der Waals surface area contributed by atoms with Gasteiger partial charge in [0.25, 0.3) is 0 Å². The van der Waals surface area contributed by atoms with Crippen molar-refractivity contribution in [3.63, 3.8) is 0 Å². The molecule has 310 valence electrons. The highest BCUT2D eigenvalue weighted by Gasteiger charge is 2.25. The SMILES string of the molecule is CC/C=C/C=C/C=C/C=C/C=C/C=C/CCCCCC(=O)OCC(COCCC(C(=O)[O-])[N+](C)(C)C)OC(=O)CCCCCCCCC/C=C/C/C=C/CC. The van der Waals surface area contributed by atoms with E-state index in [0.717, 1.165) is 70.6 Å². The van der Waals surface area contributed by atoms with E-state index in [1.165, 1.54) is 19.3 Å². The first-order valence-electron chi connectivity index (χ1n) is 20.8. The first-order valence-corrected chi connectivity index (χ1v) is 20.8. The van der Waals surface area contributed by atoms with Gasteiger partial charge in [-0.25, -0.2) is 0 Å². The second-order valence-corrected chi connectivity index (χ2v) is 14.6. The summed E-state index contributed by atoms with van der Waals surface area (Å²) in [6.45, 7) is 4.32. The van der Waals surface area contributed by atoms with Crippen molar-refractivity contribution in [1.82, 2.24) is 0 Å². The maximum absolute atomic E-state index is 12.7. The van der Waals surface area contributed by atoms with Crippen molar-refractivity contribution in [3.8, 4) is 0 Å². The Labute approximate surface area is 335 Å². The lowest BCUT2D eigenvalue weighted by molar-refractivity contribution is -0.889. The molecule has 0 aromatic heterocycles. The molecule has 0 spiro atoms. The van der Waals surface area contributed by atoms with Crippen molar-refractivity contribution >= 4 is 17.9 Å². The first kappa shape index (κ1) is 51.2. The smallest absolute Gasteiger partial charge is 0.306 e. The van der Waals surface area contributed by atoms with E-state index in [1.807, 2.05) is 60.8 Å². The number of aliphatic carboxylic acids is 1. The third kappa shape index (κ3) is 35.7. The molecule has 0 N–H and O–H groups in total. The lowest BCUT2D eigenvalue weighted by Crippen LogP contribution is -2.55. The van der Waals surface area contributed by atoms with Gasteiger partial charge in [0.2, 0.25) is 0 Å². The molecule has 0 saturated heterocycles. The van der Waals surface area contributed by atoms with Gasteiger partial charge in [0.05, 0.1) is 40.3 Å². The molecule has 0 aliphatic heterocycles.